The van der Waals surface area contributed by atoms with Gasteiger partial charge in [-0.15, -0.1) is 0 Å². The maximum atomic E-state index is 10.8. The van der Waals surface area contributed by atoms with Gasteiger partial charge in [0, 0.05) is 30.8 Å². The molecule has 2 aromatic carbocycles. The molecule has 6 heteroatoms. The Hall–Kier alpha value is -2.73. The lowest BCUT2D eigenvalue weighted by molar-refractivity contribution is -0.384. The standard InChI is InChI=1S/C18H19N3O3/c22-21(23)17-7-2-5-15(11-17)13-24-12-14-4-1-6-16(10-14)18-19-8-3-9-20-18/h1-2,4-7,10-11H,3,8-9,12-13H2,(H,19,20). The molecular weight excluding hydrogens is 306 g/mol. The van der Waals surface area contributed by atoms with Gasteiger partial charge in [0.1, 0.15) is 5.84 Å². The van der Waals surface area contributed by atoms with Gasteiger partial charge in [-0.25, -0.2) is 0 Å². The lowest BCUT2D eigenvalue weighted by Gasteiger charge is -2.15. The van der Waals surface area contributed by atoms with E-state index in [0.717, 1.165) is 42.0 Å². The van der Waals surface area contributed by atoms with Crippen LogP contribution in [0.2, 0.25) is 0 Å². The fraction of sp³-hybridized carbons (Fsp3) is 0.278. The second kappa shape index (κ2) is 7.70. The number of nitro groups is 1. The molecule has 2 aromatic rings. The molecule has 1 heterocycles. The smallest absolute Gasteiger partial charge is 0.269 e. The number of benzene rings is 2. The van der Waals surface area contributed by atoms with Crippen LogP contribution in [0.5, 0.6) is 0 Å². The maximum absolute atomic E-state index is 10.8. The molecule has 124 valence electrons. The summed E-state index contributed by atoms with van der Waals surface area (Å²) in [4.78, 5) is 14.9. The van der Waals surface area contributed by atoms with Crippen molar-refractivity contribution in [2.45, 2.75) is 19.6 Å². The molecule has 0 bridgehead atoms. The number of nitrogens with one attached hydrogen (secondary N) is 1. The predicted molar refractivity (Wildman–Crippen MR) is 92.1 cm³/mol. The second-order valence-electron chi connectivity index (χ2n) is 5.63. The molecule has 1 aliphatic heterocycles. The van der Waals surface area contributed by atoms with E-state index in [4.69, 9.17) is 4.74 Å². The summed E-state index contributed by atoms with van der Waals surface area (Å²) in [5.41, 5.74) is 2.98. The Labute approximate surface area is 140 Å². The van der Waals surface area contributed by atoms with E-state index >= 15 is 0 Å². The third-order valence-corrected chi connectivity index (χ3v) is 3.76. The van der Waals surface area contributed by atoms with Crippen molar-refractivity contribution in [2.75, 3.05) is 13.1 Å². The molecule has 0 aromatic heterocycles. The monoisotopic (exact) mass is 325 g/mol. The largest absolute Gasteiger partial charge is 0.372 e. The van der Waals surface area contributed by atoms with Crippen LogP contribution in [-0.4, -0.2) is 23.8 Å². The summed E-state index contributed by atoms with van der Waals surface area (Å²) < 4.78 is 5.70. The van der Waals surface area contributed by atoms with Gasteiger partial charge < -0.3 is 10.1 Å². The molecule has 0 amide bonds. The third kappa shape index (κ3) is 4.17. The van der Waals surface area contributed by atoms with E-state index in [1.165, 1.54) is 12.1 Å². The van der Waals surface area contributed by atoms with Crippen molar-refractivity contribution in [1.82, 2.24) is 5.32 Å². The van der Waals surface area contributed by atoms with Crippen molar-refractivity contribution in [3.8, 4) is 0 Å². The van der Waals surface area contributed by atoms with Gasteiger partial charge in [-0.1, -0.05) is 30.3 Å². The Balaban J connectivity index is 1.60. The molecule has 6 nitrogen and oxygen atoms in total. The first kappa shape index (κ1) is 16.1. The highest BCUT2D eigenvalue weighted by molar-refractivity contribution is 5.99. The summed E-state index contributed by atoms with van der Waals surface area (Å²) in [6.45, 7) is 2.59. The summed E-state index contributed by atoms with van der Waals surface area (Å²) in [6, 6.07) is 14.6. The first-order valence-electron chi connectivity index (χ1n) is 7.91. The van der Waals surface area contributed by atoms with E-state index < -0.39 is 4.92 Å². The number of non-ortho nitro benzene ring substituents is 1. The number of hydrogen-bond donors (Lipinski definition) is 1. The molecule has 0 aliphatic carbocycles. The van der Waals surface area contributed by atoms with Crippen LogP contribution in [0.15, 0.2) is 53.5 Å². The highest BCUT2D eigenvalue weighted by Crippen LogP contribution is 2.15. The zero-order valence-corrected chi connectivity index (χ0v) is 13.3. The summed E-state index contributed by atoms with van der Waals surface area (Å²) in [5, 5.41) is 14.1. The van der Waals surface area contributed by atoms with Crippen molar-refractivity contribution in [3.05, 3.63) is 75.3 Å². The molecule has 1 aliphatic rings. The van der Waals surface area contributed by atoms with Gasteiger partial charge in [0.25, 0.3) is 5.69 Å². The maximum Gasteiger partial charge on any atom is 0.269 e. The highest BCUT2D eigenvalue weighted by Gasteiger charge is 2.08. The van der Waals surface area contributed by atoms with E-state index in [1.807, 2.05) is 24.3 Å². The molecular formula is C18H19N3O3. The van der Waals surface area contributed by atoms with Gasteiger partial charge in [0.2, 0.25) is 0 Å². The SMILES string of the molecule is O=[N+]([O-])c1cccc(COCc2cccc(C3=NCCCN3)c2)c1. The Morgan fingerprint density at radius 3 is 2.58 bits per heavy atom. The van der Waals surface area contributed by atoms with Crippen molar-refractivity contribution < 1.29 is 9.66 Å². The number of hydrogen-bond acceptors (Lipinski definition) is 5. The molecule has 0 unspecified atom stereocenters. The Morgan fingerprint density at radius 1 is 1.12 bits per heavy atom. The Kier molecular flexibility index (Phi) is 5.18. The highest BCUT2D eigenvalue weighted by atomic mass is 16.6. The lowest BCUT2D eigenvalue weighted by atomic mass is 10.1. The van der Waals surface area contributed by atoms with Crippen LogP contribution < -0.4 is 5.32 Å². The van der Waals surface area contributed by atoms with Gasteiger partial charge in [-0.3, -0.25) is 15.1 Å². The van der Waals surface area contributed by atoms with Crippen molar-refractivity contribution in [1.29, 1.82) is 0 Å². The fourth-order valence-corrected chi connectivity index (χ4v) is 2.58. The predicted octanol–water partition coefficient (Wildman–Crippen LogP) is 3.05. The van der Waals surface area contributed by atoms with Crippen LogP contribution in [0.1, 0.15) is 23.1 Å². The van der Waals surface area contributed by atoms with Crippen molar-refractivity contribution in [3.63, 3.8) is 0 Å². The molecule has 0 saturated carbocycles. The van der Waals surface area contributed by atoms with Crippen molar-refractivity contribution >= 4 is 11.5 Å². The van der Waals surface area contributed by atoms with Crippen LogP contribution in [0, 0.1) is 10.1 Å². The minimum atomic E-state index is -0.398. The number of rotatable bonds is 6. The number of nitro benzene ring substituents is 1. The minimum absolute atomic E-state index is 0.0829. The van der Waals surface area contributed by atoms with Crippen LogP contribution in [0.3, 0.4) is 0 Å². The van der Waals surface area contributed by atoms with Gasteiger partial charge in [-0.05, 0) is 23.6 Å². The van der Waals surface area contributed by atoms with Gasteiger partial charge >= 0.3 is 0 Å². The average molecular weight is 325 g/mol. The third-order valence-electron chi connectivity index (χ3n) is 3.76. The van der Waals surface area contributed by atoms with E-state index in [1.54, 1.807) is 6.07 Å². The number of amidine groups is 1. The molecule has 1 N–H and O–H groups in total. The summed E-state index contributed by atoms with van der Waals surface area (Å²) in [5.74, 6) is 0.932. The zero-order chi connectivity index (χ0) is 16.8. The van der Waals surface area contributed by atoms with Gasteiger partial charge in [-0.2, -0.15) is 0 Å². The normalized spacial score (nSPS) is 13.9. The van der Waals surface area contributed by atoms with Crippen LogP contribution in [0.4, 0.5) is 5.69 Å². The number of ether oxygens (including phenoxy) is 1. The second-order valence-corrected chi connectivity index (χ2v) is 5.63. The molecule has 3 rings (SSSR count). The average Bonchev–Trinajstić information content (AvgIpc) is 2.63. The molecule has 0 fully saturated rings. The van der Waals surface area contributed by atoms with Gasteiger partial charge in [0.05, 0.1) is 18.1 Å². The molecule has 0 saturated heterocycles. The number of aliphatic imine (C=N–C) groups is 1. The molecule has 24 heavy (non-hydrogen) atoms. The molecule has 0 spiro atoms. The van der Waals surface area contributed by atoms with E-state index in [0.29, 0.717) is 13.2 Å². The van der Waals surface area contributed by atoms with E-state index in [9.17, 15) is 10.1 Å². The summed E-state index contributed by atoms with van der Waals surface area (Å²) in [6.07, 6.45) is 1.06. The van der Waals surface area contributed by atoms with E-state index in [2.05, 4.69) is 16.4 Å². The zero-order valence-electron chi connectivity index (χ0n) is 13.3. The molecule has 0 atom stereocenters. The van der Waals surface area contributed by atoms with Crippen LogP contribution >= 0.6 is 0 Å². The Morgan fingerprint density at radius 2 is 1.88 bits per heavy atom. The minimum Gasteiger partial charge on any atom is -0.372 e. The first-order chi connectivity index (χ1) is 11.7. The van der Waals surface area contributed by atoms with Crippen molar-refractivity contribution in [2.24, 2.45) is 4.99 Å². The summed E-state index contributed by atoms with van der Waals surface area (Å²) >= 11 is 0. The van der Waals surface area contributed by atoms with E-state index in [-0.39, 0.29) is 5.69 Å². The quantitative estimate of drug-likeness (QED) is 0.654. The van der Waals surface area contributed by atoms with Crippen LogP contribution in [-0.2, 0) is 18.0 Å². The Bertz CT molecular complexity index is 759. The van der Waals surface area contributed by atoms with Gasteiger partial charge in [0.15, 0.2) is 0 Å². The summed E-state index contributed by atoms with van der Waals surface area (Å²) in [7, 11) is 0. The first-order valence-corrected chi connectivity index (χ1v) is 7.91. The number of nitrogens with zero attached hydrogens (tertiary/aromatic N) is 2. The lowest BCUT2D eigenvalue weighted by Crippen LogP contribution is -2.30. The fourth-order valence-electron chi connectivity index (χ4n) is 2.58. The molecule has 0 radical (unpaired) electrons. The topological polar surface area (TPSA) is 76.8 Å². The van der Waals surface area contributed by atoms with Crippen LogP contribution in [0.25, 0.3) is 0 Å².